The number of thioether (sulfide) groups is 1. The first-order valence-corrected chi connectivity index (χ1v) is 12.3. The molecule has 0 radical (unpaired) electrons. The van der Waals surface area contributed by atoms with E-state index in [-0.39, 0.29) is 29.9 Å². The summed E-state index contributed by atoms with van der Waals surface area (Å²) in [7, 11) is 0. The molecule has 4 rings (SSSR count). The molecule has 8 nitrogen and oxygen atoms in total. The highest BCUT2D eigenvalue weighted by atomic mass is 32.2. The standard InChI is InChI=1S/C26H27N3O5S/c1-18-8-10-20(11-9-18)27-23(30)17-34-21-7-5-6-19(14-21)15-22-25(32)29(26(33)35-22)16-24(31)28-12-3-2-4-13-28/h5-11,14-15H,2-4,12-13,16-17H2,1H3,(H,27,30)/b22-15-. The Morgan fingerprint density at radius 3 is 2.54 bits per heavy atom. The Morgan fingerprint density at radius 1 is 1.06 bits per heavy atom. The Labute approximate surface area is 208 Å². The van der Waals surface area contributed by atoms with Crippen molar-refractivity contribution in [2.24, 2.45) is 0 Å². The lowest BCUT2D eigenvalue weighted by Crippen LogP contribution is -2.44. The van der Waals surface area contributed by atoms with Crippen molar-refractivity contribution in [3.63, 3.8) is 0 Å². The first kappa shape index (κ1) is 24.5. The number of anilines is 1. The lowest BCUT2D eigenvalue weighted by atomic mass is 10.1. The number of rotatable bonds is 7. The lowest BCUT2D eigenvalue weighted by molar-refractivity contribution is -0.136. The van der Waals surface area contributed by atoms with Gasteiger partial charge in [0.2, 0.25) is 5.91 Å². The van der Waals surface area contributed by atoms with E-state index in [0.717, 1.165) is 41.5 Å². The molecule has 0 aliphatic carbocycles. The van der Waals surface area contributed by atoms with E-state index in [1.165, 1.54) is 0 Å². The summed E-state index contributed by atoms with van der Waals surface area (Å²) in [6.45, 7) is 2.90. The number of likely N-dealkylation sites (tertiary alicyclic amines) is 1. The summed E-state index contributed by atoms with van der Waals surface area (Å²) in [6, 6.07) is 14.4. The molecule has 2 saturated heterocycles. The van der Waals surface area contributed by atoms with Crippen molar-refractivity contribution in [2.45, 2.75) is 26.2 Å². The summed E-state index contributed by atoms with van der Waals surface area (Å²) in [5, 5.41) is 2.32. The molecule has 4 amide bonds. The molecule has 35 heavy (non-hydrogen) atoms. The van der Waals surface area contributed by atoms with Gasteiger partial charge in [-0.3, -0.25) is 24.1 Å². The van der Waals surface area contributed by atoms with Crippen LogP contribution >= 0.6 is 11.8 Å². The summed E-state index contributed by atoms with van der Waals surface area (Å²) in [5.41, 5.74) is 2.43. The van der Waals surface area contributed by atoms with Gasteiger partial charge < -0.3 is 15.0 Å². The zero-order chi connectivity index (χ0) is 24.8. The number of benzene rings is 2. The van der Waals surface area contributed by atoms with Crippen molar-refractivity contribution >= 4 is 46.5 Å². The molecule has 0 unspecified atom stereocenters. The Balaban J connectivity index is 1.34. The first-order chi connectivity index (χ1) is 16.9. The normalized spacial score (nSPS) is 17.1. The number of carbonyl (C=O) groups is 4. The van der Waals surface area contributed by atoms with Gasteiger partial charge in [0, 0.05) is 18.8 Å². The number of carbonyl (C=O) groups excluding carboxylic acids is 4. The molecule has 0 aromatic heterocycles. The van der Waals surface area contributed by atoms with E-state index in [4.69, 9.17) is 4.74 Å². The van der Waals surface area contributed by atoms with E-state index in [9.17, 15) is 19.2 Å². The molecule has 2 aliphatic rings. The molecule has 0 atom stereocenters. The topological polar surface area (TPSA) is 96.0 Å². The van der Waals surface area contributed by atoms with E-state index < -0.39 is 11.1 Å². The second-order valence-electron chi connectivity index (χ2n) is 8.48. The van der Waals surface area contributed by atoms with Crippen LogP contribution in [-0.4, -0.2) is 59.0 Å². The molecule has 182 valence electrons. The lowest BCUT2D eigenvalue weighted by Gasteiger charge is -2.27. The van der Waals surface area contributed by atoms with Gasteiger partial charge in [-0.05, 0) is 73.9 Å². The third kappa shape index (κ3) is 6.51. The van der Waals surface area contributed by atoms with Crippen LogP contribution in [0.25, 0.3) is 6.08 Å². The van der Waals surface area contributed by atoms with Crippen LogP contribution in [0.5, 0.6) is 5.75 Å². The van der Waals surface area contributed by atoms with E-state index >= 15 is 0 Å². The van der Waals surface area contributed by atoms with E-state index in [0.29, 0.717) is 30.1 Å². The zero-order valence-electron chi connectivity index (χ0n) is 19.5. The van der Waals surface area contributed by atoms with Crippen molar-refractivity contribution in [3.05, 3.63) is 64.6 Å². The molecule has 0 saturated carbocycles. The minimum Gasteiger partial charge on any atom is -0.484 e. The SMILES string of the molecule is Cc1ccc(NC(=O)COc2cccc(/C=C3\SC(=O)N(CC(=O)N4CCCCC4)C3=O)c2)cc1. The zero-order valence-corrected chi connectivity index (χ0v) is 20.3. The van der Waals surface area contributed by atoms with Crippen LogP contribution in [0.1, 0.15) is 30.4 Å². The number of hydrogen-bond donors (Lipinski definition) is 1. The molecular weight excluding hydrogens is 466 g/mol. The highest BCUT2D eigenvalue weighted by Gasteiger charge is 2.37. The average Bonchev–Trinajstić information content (AvgIpc) is 3.12. The molecule has 1 N–H and O–H groups in total. The van der Waals surface area contributed by atoms with Gasteiger partial charge in [-0.1, -0.05) is 29.8 Å². The van der Waals surface area contributed by atoms with Crippen molar-refractivity contribution in [1.82, 2.24) is 9.80 Å². The summed E-state index contributed by atoms with van der Waals surface area (Å²) in [4.78, 5) is 52.9. The van der Waals surface area contributed by atoms with Gasteiger partial charge in [-0.2, -0.15) is 0 Å². The number of nitrogens with zero attached hydrogens (tertiary/aromatic N) is 2. The fraction of sp³-hybridized carbons (Fsp3) is 0.308. The predicted octanol–water partition coefficient (Wildman–Crippen LogP) is 4.06. The molecule has 2 heterocycles. The molecule has 0 bridgehead atoms. The Morgan fingerprint density at radius 2 is 1.80 bits per heavy atom. The third-order valence-corrected chi connectivity index (χ3v) is 6.64. The smallest absolute Gasteiger partial charge is 0.294 e. The van der Waals surface area contributed by atoms with E-state index in [2.05, 4.69) is 5.32 Å². The molecule has 2 fully saturated rings. The van der Waals surface area contributed by atoms with E-state index in [1.54, 1.807) is 35.2 Å². The van der Waals surface area contributed by atoms with Crippen LogP contribution in [-0.2, 0) is 14.4 Å². The van der Waals surface area contributed by atoms with Crippen molar-refractivity contribution in [2.75, 3.05) is 31.6 Å². The second-order valence-corrected chi connectivity index (χ2v) is 9.48. The monoisotopic (exact) mass is 493 g/mol. The first-order valence-electron chi connectivity index (χ1n) is 11.5. The third-order valence-electron chi connectivity index (χ3n) is 5.74. The highest BCUT2D eigenvalue weighted by molar-refractivity contribution is 8.18. The van der Waals surface area contributed by atoms with Crippen LogP contribution in [0.4, 0.5) is 10.5 Å². The minimum atomic E-state index is -0.478. The summed E-state index contributed by atoms with van der Waals surface area (Å²) >= 11 is 0.814. The number of aryl methyl sites for hydroxylation is 1. The van der Waals surface area contributed by atoms with E-state index in [1.807, 2.05) is 31.2 Å². The van der Waals surface area contributed by atoms with Crippen LogP contribution in [0.15, 0.2) is 53.4 Å². The number of hydrogen-bond acceptors (Lipinski definition) is 6. The Hall–Kier alpha value is -3.59. The van der Waals surface area contributed by atoms with Crippen molar-refractivity contribution < 1.29 is 23.9 Å². The average molecular weight is 494 g/mol. The van der Waals surface area contributed by atoms with Gasteiger partial charge in [0.05, 0.1) is 4.91 Å². The van der Waals surface area contributed by atoms with Crippen LogP contribution < -0.4 is 10.1 Å². The second kappa shape index (κ2) is 11.2. The largest absolute Gasteiger partial charge is 0.484 e. The molecule has 2 aliphatic heterocycles. The molecule has 2 aromatic carbocycles. The fourth-order valence-electron chi connectivity index (χ4n) is 3.84. The van der Waals surface area contributed by atoms with Crippen molar-refractivity contribution in [3.8, 4) is 5.75 Å². The molecule has 9 heteroatoms. The Kier molecular flexibility index (Phi) is 7.87. The fourth-order valence-corrected chi connectivity index (χ4v) is 4.68. The van der Waals surface area contributed by atoms with Crippen LogP contribution in [0.2, 0.25) is 0 Å². The maximum Gasteiger partial charge on any atom is 0.294 e. The number of ether oxygens (including phenoxy) is 1. The summed E-state index contributed by atoms with van der Waals surface area (Å²) < 4.78 is 5.60. The molecule has 2 aromatic rings. The van der Waals surface area contributed by atoms with Crippen molar-refractivity contribution in [1.29, 1.82) is 0 Å². The van der Waals surface area contributed by atoms with Crippen LogP contribution in [0, 0.1) is 6.92 Å². The molecule has 0 spiro atoms. The molecular formula is C26H27N3O5S. The van der Waals surface area contributed by atoms with Crippen LogP contribution in [0.3, 0.4) is 0 Å². The Bertz CT molecular complexity index is 1160. The number of imide groups is 1. The summed E-state index contributed by atoms with van der Waals surface area (Å²) in [5.74, 6) is -0.516. The number of amides is 4. The predicted molar refractivity (Wildman–Crippen MR) is 135 cm³/mol. The minimum absolute atomic E-state index is 0.174. The van der Waals surface area contributed by atoms with Gasteiger partial charge in [0.25, 0.3) is 17.1 Å². The highest BCUT2D eigenvalue weighted by Crippen LogP contribution is 2.32. The van der Waals surface area contributed by atoms with Gasteiger partial charge in [0.1, 0.15) is 12.3 Å². The van der Waals surface area contributed by atoms with Gasteiger partial charge in [-0.15, -0.1) is 0 Å². The number of nitrogens with one attached hydrogen (secondary N) is 1. The maximum atomic E-state index is 12.8. The summed E-state index contributed by atoms with van der Waals surface area (Å²) in [6.07, 6.45) is 4.57. The van der Waals surface area contributed by atoms with Gasteiger partial charge >= 0.3 is 0 Å². The number of piperidine rings is 1. The van der Waals surface area contributed by atoms with Gasteiger partial charge in [0.15, 0.2) is 6.61 Å². The maximum absolute atomic E-state index is 12.8. The van der Waals surface area contributed by atoms with Gasteiger partial charge in [-0.25, -0.2) is 0 Å². The quantitative estimate of drug-likeness (QED) is 0.585.